The molecule has 1 aliphatic rings. The van der Waals surface area contributed by atoms with E-state index in [4.69, 9.17) is 5.11 Å². The van der Waals surface area contributed by atoms with E-state index in [1.165, 1.54) is 5.56 Å². The highest BCUT2D eigenvalue weighted by Gasteiger charge is 2.21. The SMILES string of the molecule is Cc1nn(CCO)c(C)c1CN1CCN(c2ncccn2)CC1. The summed E-state index contributed by atoms with van der Waals surface area (Å²) in [5, 5.41) is 13.6. The standard InChI is InChI=1S/C16H24N6O/c1-13-15(14(2)22(19-13)10-11-23)12-20-6-8-21(9-7-20)16-17-4-3-5-18-16/h3-5,23H,6-12H2,1-2H3. The molecule has 0 bridgehead atoms. The van der Waals surface area contributed by atoms with Gasteiger partial charge in [-0.15, -0.1) is 0 Å². The maximum atomic E-state index is 9.11. The first-order valence-electron chi connectivity index (χ1n) is 8.07. The van der Waals surface area contributed by atoms with Crippen molar-refractivity contribution in [1.29, 1.82) is 0 Å². The minimum absolute atomic E-state index is 0.122. The molecule has 0 atom stereocenters. The molecule has 0 unspecified atom stereocenters. The Morgan fingerprint density at radius 3 is 2.43 bits per heavy atom. The molecular weight excluding hydrogens is 292 g/mol. The zero-order chi connectivity index (χ0) is 16.2. The second-order valence-electron chi connectivity index (χ2n) is 5.91. The summed E-state index contributed by atoms with van der Waals surface area (Å²) in [4.78, 5) is 13.3. The van der Waals surface area contributed by atoms with Crippen LogP contribution in [0.1, 0.15) is 17.0 Å². The Balaban J connectivity index is 1.61. The molecule has 0 radical (unpaired) electrons. The Bertz CT molecular complexity index is 634. The molecule has 2 aromatic rings. The number of aliphatic hydroxyl groups excluding tert-OH is 1. The first-order chi connectivity index (χ1) is 11.2. The van der Waals surface area contributed by atoms with Crippen molar-refractivity contribution in [2.75, 3.05) is 37.7 Å². The predicted octanol–water partition coefficient (Wildman–Crippen LogP) is 0.604. The minimum atomic E-state index is 0.122. The fourth-order valence-electron chi connectivity index (χ4n) is 3.06. The molecule has 1 fully saturated rings. The van der Waals surface area contributed by atoms with Crippen LogP contribution in [0, 0.1) is 13.8 Å². The molecule has 7 heteroatoms. The smallest absolute Gasteiger partial charge is 0.225 e. The average molecular weight is 316 g/mol. The van der Waals surface area contributed by atoms with Gasteiger partial charge >= 0.3 is 0 Å². The summed E-state index contributed by atoms with van der Waals surface area (Å²) >= 11 is 0. The van der Waals surface area contributed by atoms with Crippen molar-refractivity contribution in [3.63, 3.8) is 0 Å². The van der Waals surface area contributed by atoms with Gasteiger partial charge < -0.3 is 10.0 Å². The lowest BCUT2D eigenvalue weighted by Gasteiger charge is -2.34. The maximum Gasteiger partial charge on any atom is 0.225 e. The largest absolute Gasteiger partial charge is 0.394 e. The summed E-state index contributed by atoms with van der Waals surface area (Å²) in [6.07, 6.45) is 3.58. The number of nitrogens with zero attached hydrogens (tertiary/aromatic N) is 6. The molecule has 0 amide bonds. The third-order valence-corrected chi connectivity index (χ3v) is 4.43. The summed E-state index contributed by atoms with van der Waals surface area (Å²) in [5.41, 5.74) is 3.50. The number of rotatable bonds is 5. The predicted molar refractivity (Wildman–Crippen MR) is 88.3 cm³/mol. The molecule has 2 aromatic heterocycles. The Kier molecular flexibility index (Phi) is 4.88. The van der Waals surface area contributed by atoms with Crippen LogP contribution in [0.15, 0.2) is 18.5 Å². The number of aryl methyl sites for hydroxylation is 1. The Hall–Kier alpha value is -1.99. The molecule has 7 nitrogen and oxygen atoms in total. The van der Waals surface area contributed by atoms with Gasteiger partial charge in [0.05, 0.1) is 18.8 Å². The van der Waals surface area contributed by atoms with Crippen LogP contribution in [0.2, 0.25) is 0 Å². The molecule has 3 heterocycles. The van der Waals surface area contributed by atoms with Gasteiger partial charge in [0.2, 0.25) is 5.95 Å². The van der Waals surface area contributed by atoms with Crippen LogP contribution in [0.3, 0.4) is 0 Å². The van der Waals surface area contributed by atoms with Gasteiger partial charge in [-0.25, -0.2) is 9.97 Å². The Morgan fingerprint density at radius 2 is 1.78 bits per heavy atom. The van der Waals surface area contributed by atoms with E-state index >= 15 is 0 Å². The van der Waals surface area contributed by atoms with E-state index in [2.05, 4.69) is 31.8 Å². The highest BCUT2D eigenvalue weighted by Crippen LogP contribution is 2.17. The molecule has 1 N–H and O–H groups in total. The van der Waals surface area contributed by atoms with E-state index < -0.39 is 0 Å². The molecule has 3 rings (SSSR count). The van der Waals surface area contributed by atoms with Gasteiger partial charge in [-0.2, -0.15) is 5.10 Å². The molecule has 0 saturated carbocycles. The topological polar surface area (TPSA) is 70.3 Å². The van der Waals surface area contributed by atoms with Gasteiger partial charge in [-0.05, 0) is 19.9 Å². The van der Waals surface area contributed by atoms with Crippen LogP contribution in [-0.4, -0.2) is 62.5 Å². The Morgan fingerprint density at radius 1 is 1.09 bits per heavy atom. The molecule has 1 saturated heterocycles. The van der Waals surface area contributed by atoms with Crippen LogP contribution in [0.4, 0.5) is 5.95 Å². The monoisotopic (exact) mass is 316 g/mol. The number of hydrogen-bond donors (Lipinski definition) is 1. The summed E-state index contributed by atoms with van der Waals surface area (Å²) in [7, 11) is 0. The number of anilines is 1. The second kappa shape index (κ2) is 7.06. The summed E-state index contributed by atoms with van der Waals surface area (Å²) in [6, 6.07) is 1.84. The fourth-order valence-corrected chi connectivity index (χ4v) is 3.06. The van der Waals surface area contributed by atoms with Crippen molar-refractivity contribution in [2.45, 2.75) is 26.9 Å². The molecule has 1 aliphatic heterocycles. The second-order valence-corrected chi connectivity index (χ2v) is 5.91. The molecule has 0 aliphatic carbocycles. The van der Waals surface area contributed by atoms with Crippen LogP contribution in [0.5, 0.6) is 0 Å². The molecule has 0 aromatic carbocycles. The lowest BCUT2D eigenvalue weighted by Crippen LogP contribution is -2.46. The molecule has 0 spiro atoms. The van der Waals surface area contributed by atoms with Crippen molar-refractivity contribution in [3.05, 3.63) is 35.4 Å². The van der Waals surface area contributed by atoms with Gasteiger partial charge in [0.15, 0.2) is 0 Å². The molecular formula is C16H24N6O. The number of aromatic nitrogens is 4. The number of hydrogen-bond acceptors (Lipinski definition) is 6. The van der Waals surface area contributed by atoms with Crippen molar-refractivity contribution in [3.8, 4) is 0 Å². The third kappa shape index (κ3) is 3.51. The van der Waals surface area contributed by atoms with Crippen LogP contribution in [-0.2, 0) is 13.1 Å². The number of piperazine rings is 1. The van der Waals surface area contributed by atoms with Crippen LogP contribution in [0.25, 0.3) is 0 Å². The fraction of sp³-hybridized carbons (Fsp3) is 0.562. The van der Waals surface area contributed by atoms with Gasteiger partial charge in [0.25, 0.3) is 0 Å². The minimum Gasteiger partial charge on any atom is -0.394 e. The van der Waals surface area contributed by atoms with E-state index in [1.807, 2.05) is 17.7 Å². The summed E-state index contributed by atoms with van der Waals surface area (Å²) in [6.45, 7) is 9.57. The van der Waals surface area contributed by atoms with Gasteiger partial charge in [-0.1, -0.05) is 0 Å². The highest BCUT2D eigenvalue weighted by atomic mass is 16.3. The Labute approximate surface area is 136 Å². The van der Waals surface area contributed by atoms with Crippen molar-refractivity contribution in [1.82, 2.24) is 24.6 Å². The lowest BCUT2D eigenvalue weighted by atomic mass is 10.1. The van der Waals surface area contributed by atoms with Crippen molar-refractivity contribution in [2.24, 2.45) is 0 Å². The van der Waals surface area contributed by atoms with E-state index in [1.54, 1.807) is 12.4 Å². The van der Waals surface area contributed by atoms with E-state index in [9.17, 15) is 0 Å². The van der Waals surface area contributed by atoms with Gasteiger partial charge in [0.1, 0.15) is 0 Å². The van der Waals surface area contributed by atoms with Gasteiger partial charge in [0, 0.05) is 56.4 Å². The van der Waals surface area contributed by atoms with Crippen molar-refractivity contribution < 1.29 is 5.11 Å². The van der Waals surface area contributed by atoms with E-state index in [0.717, 1.165) is 50.1 Å². The van der Waals surface area contributed by atoms with E-state index in [-0.39, 0.29) is 6.61 Å². The number of aliphatic hydroxyl groups is 1. The van der Waals surface area contributed by atoms with Gasteiger partial charge in [-0.3, -0.25) is 9.58 Å². The average Bonchev–Trinajstić information content (AvgIpc) is 2.84. The lowest BCUT2D eigenvalue weighted by molar-refractivity contribution is 0.247. The summed E-state index contributed by atoms with van der Waals surface area (Å²) in [5.74, 6) is 0.815. The molecule has 124 valence electrons. The normalized spacial score (nSPS) is 16.0. The zero-order valence-corrected chi connectivity index (χ0v) is 13.8. The van der Waals surface area contributed by atoms with Crippen LogP contribution >= 0.6 is 0 Å². The first-order valence-corrected chi connectivity index (χ1v) is 8.07. The van der Waals surface area contributed by atoms with Crippen LogP contribution < -0.4 is 4.90 Å². The third-order valence-electron chi connectivity index (χ3n) is 4.43. The van der Waals surface area contributed by atoms with E-state index in [0.29, 0.717) is 6.54 Å². The highest BCUT2D eigenvalue weighted by molar-refractivity contribution is 5.30. The molecule has 23 heavy (non-hydrogen) atoms. The quantitative estimate of drug-likeness (QED) is 0.871. The maximum absolute atomic E-state index is 9.11. The zero-order valence-electron chi connectivity index (χ0n) is 13.8. The van der Waals surface area contributed by atoms with Crippen molar-refractivity contribution >= 4 is 5.95 Å². The first kappa shape index (κ1) is 15.9. The summed E-state index contributed by atoms with van der Waals surface area (Å²) < 4.78 is 1.90.